The van der Waals surface area contributed by atoms with Crippen molar-refractivity contribution in [3.63, 3.8) is 0 Å². The van der Waals surface area contributed by atoms with Crippen LogP contribution in [0.1, 0.15) is 6.92 Å². The fourth-order valence-electron chi connectivity index (χ4n) is 0.567. The number of alkyl carbamates (subject to hydrolysis) is 1. The van der Waals surface area contributed by atoms with Crippen LogP contribution >= 0.6 is 0 Å². The Morgan fingerprint density at radius 2 is 2.07 bits per heavy atom. The van der Waals surface area contributed by atoms with Gasteiger partial charge in [-0.25, -0.2) is 9.59 Å². The second-order valence-corrected chi connectivity index (χ2v) is 2.18. The predicted molar refractivity (Wildman–Crippen MR) is 47.3 cm³/mol. The van der Waals surface area contributed by atoms with Gasteiger partial charge in [0.15, 0.2) is 0 Å². The SMILES string of the molecule is C=C(NC(=O)OCC)C(=O)OCCO. The molecular formula is C8H13NO5. The van der Waals surface area contributed by atoms with Gasteiger partial charge in [0.1, 0.15) is 12.3 Å². The molecule has 0 heterocycles. The monoisotopic (exact) mass is 203 g/mol. The minimum absolute atomic E-state index is 0.137. The Kier molecular flexibility index (Phi) is 6.13. The van der Waals surface area contributed by atoms with Gasteiger partial charge in [0.05, 0.1) is 13.2 Å². The number of hydrogen-bond donors (Lipinski definition) is 2. The van der Waals surface area contributed by atoms with Crippen LogP contribution in [-0.2, 0) is 14.3 Å². The molecule has 0 atom stereocenters. The van der Waals surface area contributed by atoms with Crippen LogP contribution in [0.4, 0.5) is 4.79 Å². The molecule has 0 aromatic heterocycles. The first-order chi connectivity index (χ1) is 6.61. The Hall–Kier alpha value is -1.56. The summed E-state index contributed by atoms with van der Waals surface area (Å²) in [5.41, 5.74) is -0.225. The molecule has 6 heteroatoms. The summed E-state index contributed by atoms with van der Waals surface area (Å²) < 4.78 is 8.97. The maximum Gasteiger partial charge on any atom is 0.411 e. The molecule has 2 N–H and O–H groups in total. The van der Waals surface area contributed by atoms with E-state index in [2.05, 4.69) is 21.4 Å². The number of ether oxygens (including phenoxy) is 2. The molecule has 0 radical (unpaired) electrons. The van der Waals surface area contributed by atoms with E-state index in [4.69, 9.17) is 5.11 Å². The van der Waals surface area contributed by atoms with Gasteiger partial charge >= 0.3 is 12.1 Å². The van der Waals surface area contributed by atoms with Crippen molar-refractivity contribution in [1.29, 1.82) is 0 Å². The van der Waals surface area contributed by atoms with E-state index in [-0.39, 0.29) is 25.5 Å². The minimum atomic E-state index is -0.799. The van der Waals surface area contributed by atoms with Crippen molar-refractivity contribution in [2.45, 2.75) is 6.92 Å². The van der Waals surface area contributed by atoms with Crippen LogP contribution in [0.5, 0.6) is 0 Å². The maximum atomic E-state index is 10.9. The normalized spacial score (nSPS) is 9.00. The highest BCUT2D eigenvalue weighted by Gasteiger charge is 2.11. The molecule has 0 spiro atoms. The van der Waals surface area contributed by atoms with Crippen LogP contribution < -0.4 is 5.32 Å². The fourth-order valence-corrected chi connectivity index (χ4v) is 0.567. The second-order valence-electron chi connectivity index (χ2n) is 2.18. The van der Waals surface area contributed by atoms with E-state index in [9.17, 15) is 9.59 Å². The first kappa shape index (κ1) is 12.4. The molecule has 0 unspecified atom stereocenters. The number of aliphatic hydroxyl groups is 1. The zero-order chi connectivity index (χ0) is 11.0. The summed E-state index contributed by atoms with van der Waals surface area (Å²) in [5.74, 6) is -0.799. The molecule has 0 bridgehead atoms. The molecule has 0 aliphatic carbocycles. The molecule has 0 fully saturated rings. The first-order valence-electron chi connectivity index (χ1n) is 4.02. The van der Waals surface area contributed by atoms with Crippen molar-refractivity contribution < 1.29 is 24.2 Å². The quantitative estimate of drug-likeness (QED) is 0.476. The molecule has 0 saturated heterocycles. The highest BCUT2D eigenvalue weighted by atomic mass is 16.6. The summed E-state index contributed by atoms with van der Waals surface area (Å²) in [4.78, 5) is 21.7. The lowest BCUT2D eigenvalue weighted by Gasteiger charge is -2.07. The van der Waals surface area contributed by atoms with Crippen molar-refractivity contribution >= 4 is 12.1 Å². The van der Waals surface area contributed by atoms with E-state index in [0.29, 0.717) is 0 Å². The van der Waals surface area contributed by atoms with E-state index in [0.717, 1.165) is 0 Å². The number of nitrogens with one attached hydrogen (secondary N) is 1. The molecule has 0 saturated carbocycles. The number of hydrogen-bond acceptors (Lipinski definition) is 5. The van der Waals surface area contributed by atoms with Crippen molar-refractivity contribution in [2.75, 3.05) is 19.8 Å². The number of amides is 1. The highest BCUT2D eigenvalue weighted by Crippen LogP contribution is 1.91. The van der Waals surface area contributed by atoms with Crippen molar-refractivity contribution in [2.24, 2.45) is 0 Å². The first-order valence-corrected chi connectivity index (χ1v) is 4.02. The summed E-state index contributed by atoms with van der Waals surface area (Å²) in [6.45, 7) is 4.68. The van der Waals surface area contributed by atoms with E-state index >= 15 is 0 Å². The average Bonchev–Trinajstić information content (AvgIpc) is 2.14. The van der Waals surface area contributed by atoms with E-state index in [1.807, 2.05) is 0 Å². The van der Waals surface area contributed by atoms with Crippen molar-refractivity contribution in [1.82, 2.24) is 5.32 Å². The highest BCUT2D eigenvalue weighted by molar-refractivity contribution is 5.91. The molecule has 0 aromatic rings. The summed E-state index contributed by atoms with van der Waals surface area (Å²) in [6.07, 6.45) is -0.765. The molecule has 6 nitrogen and oxygen atoms in total. The van der Waals surface area contributed by atoms with Gasteiger partial charge in [0, 0.05) is 0 Å². The van der Waals surface area contributed by atoms with Crippen LogP contribution in [0.15, 0.2) is 12.3 Å². The van der Waals surface area contributed by atoms with Crippen LogP contribution in [0.3, 0.4) is 0 Å². The largest absolute Gasteiger partial charge is 0.459 e. The van der Waals surface area contributed by atoms with Crippen LogP contribution in [0.25, 0.3) is 0 Å². The second kappa shape index (κ2) is 6.90. The Morgan fingerprint density at radius 3 is 2.57 bits per heavy atom. The predicted octanol–water partition coefficient (Wildman–Crippen LogP) is -0.218. The number of rotatable bonds is 5. The van der Waals surface area contributed by atoms with Gasteiger partial charge in [-0.3, -0.25) is 5.32 Å². The third-order valence-corrected chi connectivity index (χ3v) is 1.10. The maximum absolute atomic E-state index is 10.9. The standard InChI is InChI=1S/C8H13NO5/c1-3-13-8(12)9-6(2)7(11)14-5-4-10/h10H,2-5H2,1H3,(H,9,12). The molecule has 14 heavy (non-hydrogen) atoms. The van der Waals surface area contributed by atoms with Crippen molar-refractivity contribution in [3.8, 4) is 0 Å². The molecule has 0 aliphatic heterocycles. The average molecular weight is 203 g/mol. The third kappa shape index (κ3) is 5.15. The Bertz CT molecular complexity index is 226. The number of aliphatic hydroxyl groups excluding tert-OH is 1. The van der Waals surface area contributed by atoms with Gasteiger partial charge in [0.2, 0.25) is 0 Å². The van der Waals surface area contributed by atoms with Gasteiger partial charge < -0.3 is 14.6 Å². The summed E-state index contributed by atoms with van der Waals surface area (Å²) in [7, 11) is 0. The van der Waals surface area contributed by atoms with Crippen LogP contribution in [0, 0.1) is 0 Å². The number of carbonyl (C=O) groups excluding carboxylic acids is 2. The van der Waals surface area contributed by atoms with E-state index in [1.54, 1.807) is 6.92 Å². The molecule has 1 amide bonds. The Balaban J connectivity index is 3.83. The van der Waals surface area contributed by atoms with E-state index in [1.165, 1.54) is 0 Å². The minimum Gasteiger partial charge on any atom is -0.459 e. The lowest BCUT2D eigenvalue weighted by Crippen LogP contribution is -2.28. The third-order valence-electron chi connectivity index (χ3n) is 1.10. The van der Waals surface area contributed by atoms with Gasteiger partial charge in [-0.05, 0) is 6.92 Å². The smallest absolute Gasteiger partial charge is 0.411 e. The lowest BCUT2D eigenvalue weighted by molar-refractivity contribution is -0.140. The zero-order valence-electron chi connectivity index (χ0n) is 7.91. The fraction of sp³-hybridized carbons (Fsp3) is 0.500. The lowest BCUT2D eigenvalue weighted by atomic mass is 10.5. The Morgan fingerprint density at radius 1 is 1.43 bits per heavy atom. The topological polar surface area (TPSA) is 84.9 Å². The number of carbonyl (C=O) groups is 2. The summed E-state index contributed by atoms with van der Waals surface area (Å²) in [6, 6.07) is 0. The van der Waals surface area contributed by atoms with Gasteiger partial charge in [-0.1, -0.05) is 6.58 Å². The molecule has 0 rings (SSSR count). The number of esters is 1. The van der Waals surface area contributed by atoms with Gasteiger partial charge in [-0.2, -0.15) is 0 Å². The van der Waals surface area contributed by atoms with Crippen molar-refractivity contribution in [3.05, 3.63) is 12.3 Å². The van der Waals surface area contributed by atoms with Crippen LogP contribution in [-0.4, -0.2) is 37.0 Å². The molecule has 0 aromatic carbocycles. The molecule has 80 valence electrons. The molecule has 0 aliphatic rings. The zero-order valence-corrected chi connectivity index (χ0v) is 7.91. The van der Waals surface area contributed by atoms with E-state index < -0.39 is 12.1 Å². The molecular weight excluding hydrogens is 190 g/mol. The van der Waals surface area contributed by atoms with Crippen LogP contribution in [0.2, 0.25) is 0 Å². The summed E-state index contributed by atoms with van der Waals surface area (Å²) in [5, 5.41) is 10.4. The Labute approximate surface area is 81.5 Å². The van der Waals surface area contributed by atoms with Gasteiger partial charge in [0.25, 0.3) is 0 Å². The van der Waals surface area contributed by atoms with Gasteiger partial charge in [-0.15, -0.1) is 0 Å². The summed E-state index contributed by atoms with van der Waals surface area (Å²) >= 11 is 0.